The fourth-order valence-corrected chi connectivity index (χ4v) is 3.03. The van der Waals surface area contributed by atoms with E-state index in [4.69, 9.17) is 5.11 Å². The van der Waals surface area contributed by atoms with Crippen molar-refractivity contribution in [1.82, 2.24) is 0 Å². The van der Waals surface area contributed by atoms with Crippen LogP contribution >= 0.6 is 0 Å². The van der Waals surface area contributed by atoms with Crippen LogP contribution in [0.25, 0.3) is 0 Å². The summed E-state index contributed by atoms with van der Waals surface area (Å²) in [7, 11) is 0. The van der Waals surface area contributed by atoms with Gasteiger partial charge in [0.25, 0.3) is 0 Å². The van der Waals surface area contributed by atoms with Crippen molar-refractivity contribution < 1.29 is 9.90 Å². The van der Waals surface area contributed by atoms with E-state index < -0.39 is 5.97 Å². The number of carboxylic acids is 1. The highest BCUT2D eigenvalue weighted by molar-refractivity contribution is 5.66. The summed E-state index contributed by atoms with van der Waals surface area (Å²) in [5.74, 6) is 0.952. The molecular formula is C19H38O2. The SMILES string of the molecule is CCCCCCCCCC(CCCCCC(=O)O)C(C)C. The van der Waals surface area contributed by atoms with Crippen molar-refractivity contribution in [3.05, 3.63) is 0 Å². The highest BCUT2D eigenvalue weighted by atomic mass is 16.4. The van der Waals surface area contributed by atoms with E-state index in [1.807, 2.05) is 0 Å². The first-order chi connectivity index (χ1) is 10.1. The van der Waals surface area contributed by atoms with E-state index in [9.17, 15) is 4.79 Å². The van der Waals surface area contributed by atoms with Crippen LogP contribution in [-0.4, -0.2) is 11.1 Å². The zero-order valence-corrected chi connectivity index (χ0v) is 14.7. The average Bonchev–Trinajstić information content (AvgIpc) is 2.43. The molecule has 0 aromatic heterocycles. The summed E-state index contributed by atoms with van der Waals surface area (Å²) >= 11 is 0. The summed E-state index contributed by atoms with van der Waals surface area (Å²) in [6.07, 6.45) is 15.8. The smallest absolute Gasteiger partial charge is 0.303 e. The number of carboxylic acid groups (broad SMARTS) is 1. The molecule has 0 amide bonds. The van der Waals surface area contributed by atoms with E-state index in [-0.39, 0.29) is 0 Å². The standard InChI is InChI=1S/C19H38O2/c1-4-5-6-7-8-9-11-14-18(17(2)3)15-12-10-13-16-19(20)21/h17-18H,4-16H2,1-3H3,(H,20,21). The second kappa shape index (κ2) is 14.4. The molecule has 0 rings (SSSR count). The number of rotatable bonds is 15. The molecule has 126 valence electrons. The highest BCUT2D eigenvalue weighted by Gasteiger charge is 2.12. The normalized spacial score (nSPS) is 12.8. The Morgan fingerprint density at radius 3 is 1.76 bits per heavy atom. The fourth-order valence-electron chi connectivity index (χ4n) is 3.03. The summed E-state index contributed by atoms with van der Waals surface area (Å²) in [4.78, 5) is 10.5. The summed E-state index contributed by atoms with van der Waals surface area (Å²) in [5, 5.41) is 8.63. The minimum atomic E-state index is -0.654. The first-order valence-electron chi connectivity index (χ1n) is 9.29. The monoisotopic (exact) mass is 298 g/mol. The van der Waals surface area contributed by atoms with Gasteiger partial charge in [-0.1, -0.05) is 91.4 Å². The van der Waals surface area contributed by atoms with Crippen molar-refractivity contribution in [1.29, 1.82) is 0 Å². The zero-order chi connectivity index (χ0) is 15.9. The van der Waals surface area contributed by atoms with Crippen LogP contribution < -0.4 is 0 Å². The molecule has 1 unspecified atom stereocenters. The molecular weight excluding hydrogens is 260 g/mol. The molecule has 0 aliphatic rings. The van der Waals surface area contributed by atoms with Gasteiger partial charge in [-0.15, -0.1) is 0 Å². The van der Waals surface area contributed by atoms with Crippen LogP contribution in [-0.2, 0) is 4.79 Å². The molecule has 0 radical (unpaired) electrons. The topological polar surface area (TPSA) is 37.3 Å². The van der Waals surface area contributed by atoms with E-state index in [0.29, 0.717) is 6.42 Å². The summed E-state index contributed by atoms with van der Waals surface area (Å²) in [6.45, 7) is 6.94. The first-order valence-corrected chi connectivity index (χ1v) is 9.29. The van der Waals surface area contributed by atoms with Crippen LogP contribution in [0, 0.1) is 11.8 Å². The van der Waals surface area contributed by atoms with Crippen LogP contribution in [0.5, 0.6) is 0 Å². The third-order valence-electron chi connectivity index (χ3n) is 4.59. The van der Waals surface area contributed by atoms with E-state index in [0.717, 1.165) is 24.7 Å². The number of hydrogen-bond acceptors (Lipinski definition) is 1. The second-order valence-electron chi connectivity index (χ2n) is 6.91. The van der Waals surface area contributed by atoms with Crippen molar-refractivity contribution in [2.75, 3.05) is 0 Å². The van der Waals surface area contributed by atoms with E-state index >= 15 is 0 Å². The van der Waals surface area contributed by atoms with Crippen LogP contribution in [0.2, 0.25) is 0 Å². The molecule has 2 heteroatoms. The van der Waals surface area contributed by atoms with Gasteiger partial charge in [-0.05, 0) is 18.3 Å². The summed E-state index contributed by atoms with van der Waals surface area (Å²) < 4.78 is 0. The number of unbranched alkanes of at least 4 members (excludes halogenated alkanes) is 8. The first kappa shape index (κ1) is 20.5. The van der Waals surface area contributed by atoms with Crippen LogP contribution in [0.1, 0.15) is 104 Å². The van der Waals surface area contributed by atoms with Crippen LogP contribution in [0.3, 0.4) is 0 Å². The molecule has 0 saturated heterocycles. The molecule has 2 nitrogen and oxygen atoms in total. The van der Waals surface area contributed by atoms with Gasteiger partial charge in [0.05, 0.1) is 0 Å². The lowest BCUT2D eigenvalue weighted by Crippen LogP contribution is -2.09. The lowest BCUT2D eigenvalue weighted by Gasteiger charge is -2.20. The Morgan fingerprint density at radius 1 is 0.810 bits per heavy atom. The number of aliphatic carboxylic acids is 1. The molecule has 0 fully saturated rings. The zero-order valence-electron chi connectivity index (χ0n) is 14.7. The minimum Gasteiger partial charge on any atom is -0.481 e. The summed E-state index contributed by atoms with van der Waals surface area (Å²) in [5.41, 5.74) is 0. The minimum absolute atomic E-state index is 0.337. The van der Waals surface area contributed by atoms with Crippen LogP contribution in [0.4, 0.5) is 0 Å². The molecule has 0 spiro atoms. The number of hydrogen-bond donors (Lipinski definition) is 1. The van der Waals surface area contributed by atoms with Crippen molar-refractivity contribution >= 4 is 5.97 Å². The Hall–Kier alpha value is -0.530. The molecule has 0 bridgehead atoms. The molecule has 21 heavy (non-hydrogen) atoms. The second-order valence-corrected chi connectivity index (χ2v) is 6.91. The average molecular weight is 299 g/mol. The van der Waals surface area contributed by atoms with E-state index in [2.05, 4.69) is 20.8 Å². The van der Waals surface area contributed by atoms with Crippen molar-refractivity contribution in [2.24, 2.45) is 11.8 Å². The third kappa shape index (κ3) is 14.2. The molecule has 0 aliphatic heterocycles. The Balaban J connectivity index is 3.56. The molecule has 0 saturated carbocycles. The maximum absolute atomic E-state index is 10.5. The Kier molecular flexibility index (Phi) is 14.0. The molecule has 0 aromatic rings. The van der Waals surface area contributed by atoms with Gasteiger partial charge in [0.2, 0.25) is 0 Å². The molecule has 1 N–H and O–H groups in total. The van der Waals surface area contributed by atoms with Gasteiger partial charge in [-0.2, -0.15) is 0 Å². The molecule has 0 aliphatic carbocycles. The maximum Gasteiger partial charge on any atom is 0.303 e. The predicted octanol–water partition coefficient (Wildman–Crippen LogP) is 6.43. The van der Waals surface area contributed by atoms with Crippen molar-refractivity contribution in [3.8, 4) is 0 Å². The molecule has 0 aromatic carbocycles. The van der Waals surface area contributed by atoms with Gasteiger partial charge in [-0.25, -0.2) is 0 Å². The lowest BCUT2D eigenvalue weighted by molar-refractivity contribution is -0.137. The van der Waals surface area contributed by atoms with Gasteiger partial charge < -0.3 is 5.11 Å². The third-order valence-corrected chi connectivity index (χ3v) is 4.59. The van der Waals surface area contributed by atoms with E-state index in [1.54, 1.807) is 0 Å². The lowest BCUT2D eigenvalue weighted by atomic mass is 9.85. The molecule has 1 atom stereocenters. The van der Waals surface area contributed by atoms with Crippen molar-refractivity contribution in [2.45, 2.75) is 104 Å². The predicted molar refractivity (Wildman–Crippen MR) is 91.7 cm³/mol. The van der Waals surface area contributed by atoms with Gasteiger partial charge in [0.1, 0.15) is 0 Å². The van der Waals surface area contributed by atoms with Gasteiger partial charge in [0.15, 0.2) is 0 Å². The maximum atomic E-state index is 10.5. The Bertz CT molecular complexity index is 236. The van der Waals surface area contributed by atoms with Crippen LogP contribution in [0.15, 0.2) is 0 Å². The quantitative estimate of drug-likeness (QED) is 0.353. The Morgan fingerprint density at radius 2 is 1.29 bits per heavy atom. The summed E-state index contributed by atoms with van der Waals surface area (Å²) in [6, 6.07) is 0. The Labute approximate surface area is 132 Å². The van der Waals surface area contributed by atoms with Crippen molar-refractivity contribution in [3.63, 3.8) is 0 Å². The van der Waals surface area contributed by atoms with Gasteiger partial charge >= 0.3 is 5.97 Å². The highest BCUT2D eigenvalue weighted by Crippen LogP contribution is 2.25. The fraction of sp³-hybridized carbons (Fsp3) is 0.947. The number of carbonyl (C=O) groups is 1. The largest absolute Gasteiger partial charge is 0.481 e. The van der Waals surface area contributed by atoms with Gasteiger partial charge in [0, 0.05) is 6.42 Å². The molecule has 0 heterocycles. The van der Waals surface area contributed by atoms with E-state index in [1.165, 1.54) is 64.2 Å². The van der Waals surface area contributed by atoms with Gasteiger partial charge in [-0.3, -0.25) is 4.79 Å².